The van der Waals surface area contributed by atoms with Crippen molar-refractivity contribution in [3.05, 3.63) is 35.9 Å². The van der Waals surface area contributed by atoms with Crippen molar-refractivity contribution in [1.82, 2.24) is 10.0 Å². The number of benzene rings is 1. The minimum Gasteiger partial charge on any atom is -0.468 e. The zero-order chi connectivity index (χ0) is 15.3. The van der Waals surface area contributed by atoms with Gasteiger partial charge in [-0.1, -0.05) is 30.3 Å². The van der Waals surface area contributed by atoms with Gasteiger partial charge >= 0.3 is 5.97 Å². The molecule has 0 unspecified atom stereocenters. The summed E-state index contributed by atoms with van der Waals surface area (Å²) in [5, 5.41) is 2.51. The van der Waals surface area contributed by atoms with Crippen LogP contribution in [0.3, 0.4) is 0 Å². The molecule has 2 rings (SSSR count). The van der Waals surface area contributed by atoms with Crippen molar-refractivity contribution in [3.63, 3.8) is 0 Å². The molecule has 2 atom stereocenters. The first-order chi connectivity index (χ1) is 10.0. The van der Waals surface area contributed by atoms with E-state index in [9.17, 15) is 13.2 Å². The lowest BCUT2D eigenvalue weighted by atomic mass is 10.1. The fraction of sp³-hybridized carbons (Fsp3) is 0.500. The van der Waals surface area contributed by atoms with Gasteiger partial charge in [-0.05, 0) is 24.9 Å². The Morgan fingerprint density at radius 3 is 2.71 bits per heavy atom. The third-order valence-corrected chi connectivity index (χ3v) is 5.42. The normalized spacial score (nSPS) is 20.1. The summed E-state index contributed by atoms with van der Waals surface area (Å²) in [4.78, 5) is 11.8. The summed E-state index contributed by atoms with van der Waals surface area (Å²) in [6.45, 7) is 1.09. The van der Waals surface area contributed by atoms with Crippen molar-refractivity contribution < 1.29 is 17.9 Å². The number of ether oxygens (including phenoxy) is 1. The molecule has 7 heteroatoms. The smallest absolute Gasteiger partial charge is 0.324 e. The molecule has 1 fully saturated rings. The third-order valence-electron chi connectivity index (χ3n) is 3.53. The van der Waals surface area contributed by atoms with E-state index in [0.29, 0.717) is 19.5 Å². The molecule has 1 aliphatic heterocycles. The van der Waals surface area contributed by atoms with Gasteiger partial charge < -0.3 is 10.1 Å². The number of rotatable bonds is 6. The lowest BCUT2D eigenvalue weighted by Crippen LogP contribution is -2.47. The topological polar surface area (TPSA) is 84.5 Å². The average Bonchev–Trinajstić information content (AvgIpc) is 3.02. The molecule has 0 aromatic heterocycles. The molecule has 6 nitrogen and oxygen atoms in total. The Morgan fingerprint density at radius 2 is 2.14 bits per heavy atom. The first-order valence-electron chi connectivity index (χ1n) is 6.86. The minimum absolute atomic E-state index is 0.271. The SMILES string of the molecule is COC(=O)[C@H](Cc1ccccc1)NS(=O)(=O)[C@@H]1CCNC1. The van der Waals surface area contributed by atoms with Crippen LogP contribution in [-0.2, 0) is 26.0 Å². The summed E-state index contributed by atoms with van der Waals surface area (Å²) in [6.07, 6.45) is 0.821. The Kier molecular flexibility index (Phi) is 5.33. The highest BCUT2D eigenvalue weighted by atomic mass is 32.2. The predicted octanol–water partition coefficient (Wildman–Crippen LogP) is 0.0520. The van der Waals surface area contributed by atoms with Crippen LogP contribution in [0.1, 0.15) is 12.0 Å². The second kappa shape index (κ2) is 7.02. The molecule has 1 heterocycles. The van der Waals surface area contributed by atoms with E-state index in [0.717, 1.165) is 5.56 Å². The number of nitrogens with one attached hydrogen (secondary N) is 2. The largest absolute Gasteiger partial charge is 0.468 e. The monoisotopic (exact) mass is 312 g/mol. The first-order valence-corrected chi connectivity index (χ1v) is 8.41. The number of carbonyl (C=O) groups excluding carboxylic acids is 1. The van der Waals surface area contributed by atoms with E-state index in [1.165, 1.54) is 7.11 Å². The maximum Gasteiger partial charge on any atom is 0.324 e. The molecule has 2 N–H and O–H groups in total. The number of carbonyl (C=O) groups is 1. The predicted molar refractivity (Wildman–Crippen MR) is 79.3 cm³/mol. The van der Waals surface area contributed by atoms with Crippen molar-refractivity contribution in [2.45, 2.75) is 24.1 Å². The van der Waals surface area contributed by atoms with Gasteiger partial charge in [-0.2, -0.15) is 0 Å². The first kappa shape index (κ1) is 15.9. The summed E-state index contributed by atoms with van der Waals surface area (Å²) < 4.78 is 31.8. The third kappa shape index (κ3) is 4.26. The molecule has 0 radical (unpaired) electrons. The van der Waals surface area contributed by atoms with Crippen molar-refractivity contribution in [3.8, 4) is 0 Å². The summed E-state index contributed by atoms with van der Waals surface area (Å²) in [5.74, 6) is -0.576. The highest BCUT2D eigenvalue weighted by molar-refractivity contribution is 7.90. The Labute approximate surface area is 124 Å². The van der Waals surface area contributed by atoms with Crippen molar-refractivity contribution in [1.29, 1.82) is 0 Å². The molecule has 1 aliphatic rings. The number of methoxy groups -OCH3 is 1. The van der Waals surface area contributed by atoms with Gasteiger partial charge in [0.15, 0.2) is 0 Å². The van der Waals surface area contributed by atoms with E-state index in [1.54, 1.807) is 0 Å². The molecule has 0 amide bonds. The fourth-order valence-electron chi connectivity index (χ4n) is 2.35. The maximum atomic E-state index is 12.3. The maximum absolute atomic E-state index is 12.3. The molecule has 116 valence electrons. The van der Waals surface area contributed by atoms with Gasteiger partial charge in [0, 0.05) is 6.54 Å². The van der Waals surface area contributed by atoms with Gasteiger partial charge in [0.1, 0.15) is 6.04 Å². The van der Waals surface area contributed by atoms with Gasteiger partial charge in [-0.25, -0.2) is 13.1 Å². The van der Waals surface area contributed by atoms with Gasteiger partial charge in [-0.3, -0.25) is 4.79 Å². The number of esters is 1. The van der Waals surface area contributed by atoms with E-state index in [2.05, 4.69) is 10.0 Å². The van der Waals surface area contributed by atoms with Crippen molar-refractivity contribution in [2.24, 2.45) is 0 Å². The molecular weight excluding hydrogens is 292 g/mol. The molecule has 1 saturated heterocycles. The van der Waals surface area contributed by atoms with Gasteiger partial charge in [0.2, 0.25) is 10.0 Å². The van der Waals surface area contributed by atoms with E-state index < -0.39 is 27.3 Å². The minimum atomic E-state index is -3.55. The highest BCUT2D eigenvalue weighted by Crippen LogP contribution is 2.12. The Morgan fingerprint density at radius 1 is 1.43 bits per heavy atom. The Balaban J connectivity index is 2.11. The molecule has 1 aromatic carbocycles. The lowest BCUT2D eigenvalue weighted by molar-refractivity contribution is -0.142. The van der Waals surface area contributed by atoms with E-state index in [-0.39, 0.29) is 6.42 Å². The van der Waals surface area contributed by atoms with E-state index >= 15 is 0 Å². The second-order valence-electron chi connectivity index (χ2n) is 5.04. The van der Waals surface area contributed by atoms with Gasteiger partial charge in [-0.15, -0.1) is 0 Å². The Bertz CT molecular complexity index is 568. The molecule has 0 bridgehead atoms. The van der Waals surface area contributed by atoms with Gasteiger partial charge in [0.25, 0.3) is 0 Å². The van der Waals surface area contributed by atoms with Crippen LogP contribution >= 0.6 is 0 Å². The molecular formula is C14H20N2O4S. The molecule has 21 heavy (non-hydrogen) atoms. The number of hydrogen-bond acceptors (Lipinski definition) is 5. The second-order valence-corrected chi connectivity index (χ2v) is 7.04. The quantitative estimate of drug-likeness (QED) is 0.725. The number of hydrogen-bond donors (Lipinski definition) is 2. The lowest BCUT2D eigenvalue weighted by Gasteiger charge is -2.19. The standard InChI is InChI=1S/C14H20N2O4S/c1-20-14(17)13(9-11-5-3-2-4-6-11)16-21(18,19)12-7-8-15-10-12/h2-6,12-13,15-16H,7-10H2,1H3/t12-,13+/m1/s1. The summed E-state index contributed by atoms with van der Waals surface area (Å²) in [5.41, 5.74) is 0.875. The zero-order valence-corrected chi connectivity index (χ0v) is 12.7. The van der Waals surface area contributed by atoms with Crippen LogP contribution in [0.4, 0.5) is 0 Å². The van der Waals surface area contributed by atoms with Gasteiger partial charge in [0.05, 0.1) is 12.4 Å². The van der Waals surface area contributed by atoms with Crippen LogP contribution < -0.4 is 10.0 Å². The molecule has 1 aromatic rings. The van der Waals surface area contributed by atoms with Crippen molar-refractivity contribution in [2.75, 3.05) is 20.2 Å². The van der Waals surface area contributed by atoms with Crippen LogP contribution in [0.5, 0.6) is 0 Å². The molecule has 0 aliphatic carbocycles. The van der Waals surface area contributed by atoms with Crippen molar-refractivity contribution >= 4 is 16.0 Å². The summed E-state index contributed by atoms with van der Waals surface area (Å²) >= 11 is 0. The highest BCUT2D eigenvalue weighted by Gasteiger charge is 2.33. The van der Waals surface area contributed by atoms with Crippen LogP contribution in [-0.4, -0.2) is 45.9 Å². The average molecular weight is 312 g/mol. The van der Waals surface area contributed by atoms with Crippen LogP contribution in [0.25, 0.3) is 0 Å². The van der Waals surface area contributed by atoms with Crippen LogP contribution in [0, 0.1) is 0 Å². The van der Waals surface area contributed by atoms with Crippen LogP contribution in [0.2, 0.25) is 0 Å². The summed E-state index contributed by atoms with van der Waals surface area (Å²) in [7, 11) is -2.29. The molecule has 0 saturated carbocycles. The number of sulfonamides is 1. The fourth-order valence-corrected chi connectivity index (χ4v) is 3.89. The Hall–Kier alpha value is -1.44. The zero-order valence-electron chi connectivity index (χ0n) is 11.9. The summed E-state index contributed by atoms with van der Waals surface area (Å²) in [6, 6.07) is 8.36. The van der Waals surface area contributed by atoms with E-state index in [4.69, 9.17) is 4.74 Å². The van der Waals surface area contributed by atoms with Crippen LogP contribution in [0.15, 0.2) is 30.3 Å². The van der Waals surface area contributed by atoms with E-state index in [1.807, 2.05) is 30.3 Å². The molecule has 0 spiro atoms.